The molecule has 0 bridgehead atoms. The number of rotatable bonds is 9. The summed E-state index contributed by atoms with van der Waals surface area (Å²) in [6, 6.07) is 16.3. The molecule has 0 aliphatic carbocycles. The summed E-state index contributed by atoms with van der Waals surface area (Å²) in [4.78, 5) is 22.9. The average molecular weight is 515 g/mol. The first-order valence-electron chi connectivity index (χ1n) is 9.22. The molecular formula is C21H25BrClN3OS2. The Morgan fingerprint density at radius 2 is 1.90 bits per heavy atom. The quantitative estimate of drug-likeness (QED) is 0.331. The highest BCUT2D eigenvalue weighted by Gasteiger charge is 2.19. The molecule has 0 unspecified atom stereocenters. The summed E-state index contributed by atoms with van der Waals surface area (Å²) in [7, 11) is 4.11. The van der Waals surface area contributed by atoms with Crippen LogP contribution in [0.4, 0.5) is 5.13 Å². The number of anilines is 1. The summed E-state index contributed by atoms with van der Waals surface area (Å²) >= 11 is 6.81. The van der Waals surface area contributed by atoms with Gasteiger partial charge in [-0.1, -0.05) is 45.5 Å². The molecule has 3 rings (SSSR count). The Morgan fingerprint density at radius 1 is 1.14 bits per heavy atom. The summed E-state index contributed by atoms with van der Waals surface area (Å²) < 4.78 is 2.12. The number of hydrogen-bond donors (Lipinski definition) is 0. The van der Waals surface area contributed by atoms with Gasteiger partial charge in [0.05, 0.1) is 10.2 Å². The van der Waals surface area contributed by atoms with Crippen LogP contribution in [0.2, 0.25) is 0 Å². The van der Waals surface area contributed by atoms with Crippen molar-refractivity contribution in [2.75, 3.05) is 37.8 Å². The van der Waals surface area contributed by atoms with Crippen LogP contribution in [-0.4, -0.2) is 48.7 Å². The minimum atomic E-state index is 0. The molecule has 0 saturated carbocycles. The summed E-state index contributed by atoms with van der Waals surface area (Å²) in [6.45, 7) is 1.63. The zero-order valence-electron chi connectivity index (χ0n) is 16.5. The minimum absolute atomic E-state index is 0. The topological polar surface area (TPSA) is 36.4 Å². The Labute approximate surface area is 195 Å². The first-order valence-corrected chi connectivity index (χ1v) is 11.8. The molecule has 0 spiro atoms. The number of hydrogen-bond acceptors (Lipinski definition) is 5. The number of carbonyl (C=O) groups excluding carboxylic acids is 1. The summed E-state index contributed by atoms with van der Waals surface area (Å²) in [6.07, 6.45) is 1.42. The van der Waals surface area contributed by atoms with Gasteiger partial charge in [0.15, 0.2) is 5.13 Å². The van der Waals surface area contributed by atoms with Crippen LogP contribution in [0.15, 0.2) is 57.9 Å². The van der Waals surface area contributed by atoms with Crippen molar-refractivity contribution in [2.45, 2.75) is 17.7 Å². The van der Waals surface area contributed by atoms with Gasteiger partial charge in [0.1, 0.15) is 0 Å². The van der Waals surface area contributed by atoms with Crippen LogP contribution in [-0.2, 0) is 4.79 Å². The van der Waals surface area contributed by atoms with Gasteiger partial charge < -0.3 is 4.90 Å². The molecule has 29 heavy (non-hydrogen) atoms. The molecule has 0 saturated heterocycles. The molecule has 0 radical (unpaired) electrons. The predicted octanol–water partition coefficient (Wildman–Crippen LogP) is 5.95. The van der Waals surface area contributed by atoms with E-state index in [4.69, 9.17) is 4.98 Å². The van der Waals surface area contributed by atoms with Crippen molar-refractivity contribution < 1.29 is 4.79 Å². The number of fused-ring (bicyclic) bond motifs is 1. The zero-order valence-corrected chi connectivity index (χ0v) is 20.5. The highest BCUT2D eigenvalue weighted by Crippen LogP contribution is 2.31. The van der Waals surface area contributed by atoms with E-state index in [9.17, 15) is 4.79 Å². The predicted molar refractivity (Wildman–Crippen MR) is 132 cm³/mol. The van der Waals surface area contributed by atoms with Gasteiger partial charge in [-0.3, -0.25) is 9.69 Å². The lowest BCUT2D eigenvalue weighted by molar-refractivity contribution is -0.118. The number of thiazole rings is 1. The Kier molecular flexibility index (Phi) is 9.92. The largest absolute Gasteiger partial charge is 0.309 e. The maximum Gasteiger partial charge on any atom is 0.229 e. The fourth-order valence-electron chi connectivity index (χ4n) is 2.78. The third-order valence-electron chi connectivity index (χ3n) is 4.19. The van der Waals surface area contributed by atoms with Crippen LogP contribution in [0.25, 0.3) is 10.2 Å². The molecule has 0 atom stereocenters. The fourth-order valence-corrected chi connectivity index (χ4v) is 5.20. The molecule has 4 nitrogen and oxygen atoms in total. The van der Waals surface area contributed by atoms with Crippen molar-refractivity contribution >= 4 is 72.7 Å². The monoisotopic (exact) mass is 513 g/mol. The van der Waals surface area contributed by atoms with Gasteiger partial charge in [0.25, 0.3) is 0 Å². The lowest BCUT2D eigenvalue weighted by Crippen LogP contribution is -2.33. The molecule has 156 valence electrons. The van der Waals surface area contributed by atoms with Crippen molar-refractivity contribution in [3.05, 3.63) is 53.0 Å². The van der Waals surface area contributed by atoms with E-state index in [2.05, 4.69) is 53.1 Å². The zero-order chi connectivity index (χ0) is 19.9. The van der Waals surface area contributed by atoms with Crippen LogP contribution in [0, 0.1) is 0 Å². The smallest absolute Gasteiger partial charge is 0.229 e. The van der Waals surface area contributed by atoms with Crippen LogP contribution >= 0.6 is 51.4 Å². The Balaban J connectivity index is 0.00000300. The number of benzene rings is 2. The molecule has 0 aliphatic rings. The molecule has 0 aliphatic heterocycles. The molecule has 2 aromatic carbocycles. The van der Waals surface area contributed by atoms with Crippen LogP contribution in [0.3, 0.4) is 0 Å². The average Bonchev–Trinajstić information content (AvgIpc) is 3.08. The maximum atomic E-state index is 13.0. The number of nitrogens with zero attached hydrogens (tertiary/aromatic N) is 3. The van der Waals surface area contributed by atoms with Crippen LogP contribution < -0.4 is 4.90 Å². The number of aromatic nitrogens is 1. The molecule has 3 aromatic rings. The lowest BCUT2D eigenvalue weighted by atomic mass is 10.3. The number of halogens is 2. The van der Waals surface area contributed by atoms with Crippen molar-refractivity contribution in [2.24, 2.45) is 0 Å². The number of amides is 1. The van der Waals surface area contributed by atoms with Gasteiger partial charge >= 0.3 is 0 Å². The van der Waals surface area contributed by atoms with Gasteiger partial charge in [-0.05, 0) is 57.4 Å². The number of carbonyl (C=O) groups is 1. The fraction of sp³-hybridized carbons (Fsp3) is 0.333. The Bertz CT molecular complexity index is 921. The molecule has 0 N–H and O–H groups in total. The van der Waals surface area contributed by atoms with Crippen molar-refractivity contribution in [1.82, 2.24) is 9.88 Å². The Hall–Kier alpha value is -1.12. The van der Waals surface area contributed by atoms with Gasteiger partial charge in [0.2, 0.25) is 5.91 Å². The highest BCUT2D eigenvalue weighted by atomic mass is 79.9. The lowest BCUT2D eigenvalue weighted by Gasteiger charge is -2.21. The second kappa shape index (κ2) is 11.9. The van der Waals surface area contributed by atoms with E-state index in [1.165, 1.54) is 4.90 Å². The molecule has 1 amide bonds. The Morgan fingerprint density at radius 3 is 2.62 bits per heavy atom. The second-order valence-corrected chi connectivity index (χ2v) is 9.82. The van der Waals surface area contributed by atoms with E-state index in [0.717, 1.165) is 38.5 Å². The van der Waals surface area contributed by atoms with Crippen LogP contribution in [0.1, 0.15) is 12.8 Å². The maximum absolute atomic E-state index is 13.0. The van der Waals surface area contributed by atoms with Crippen LogP contribution in [0.5, 0.6) is 0 Å². The molecule has 1 aromatic heterocycles. The minimum Gasteiger partial charge on any atom is -0.309 e. The third kappa shape index (κ3) is 7.26. The summed E-state index contributed by atoms with van der Waals surface area (Å²) in [5.74, 6) is 0.907. The summed E-state index contributed by atoms with van der Waals surface area (Å²) in [5, 5.41) is 0.793. The van der Waals surface area contributed by atoms with E-state index in [1.807, 2.05) is 35.2 Å². The molecule has 1 heterocycles. The van der Waals surface area contributed by atoms with E-state index >= 15 is 0 Å². The molecular weight excluding hydrogens is 490 g/mol. The summed E-state index contributed by atoms with van der Waals surface area (Å²) in [5.41, 5.74) is 0.937. The number of thioether (sulfide) groups is 1. The molecule has 0 fully saturated rings. The van der Waals surface area contributed by atoms with E-state index in [-0.39, 0.29) is 18.3 Å². The van der Waals surface area contributed by atoms with Crippen molar-refractivity contribution in [1.29, 1.82) is 0 Å². The highest BCUT2D eigenvalue weighted by molar-refractivity contribution is 9.10. The van der Waals surface area contributed by atoms with Gasteiger partial charge in [0, 0.05) is 28.1 Å². The van der Waals surface area contributed by atoms with E-state index in [0.29, 0.717) is 13.0 Å². The standard InChI is InChI=1S/C21H24BrN3OS2.ClH/c1-24(2)12-6-13-25(20(26)11-14-27-17-7-4-3-5-8-17)21-23-18-10-9-16(22)15-19(18)28-21;/h3-5,7-10,15H,6,11-14H2,1-2H3;1H. The van der Waals surface area contributed by atoms with Crippen molar-refractivity contribution in [3.8, 4) is 0 Å². The normalized spacial score (nSPS) is 10.9. The third-order valence-corrected chi connectivity index (χ3v) is 6.73. The molecule has 8 heteroatoms. The van der Waals surface area contributed by atoms with E-state index in [1.54, 1.807) is 23.1 Å². The SMILES string of the molecule is CN(C)CCCN(C(=O)CCSc1ccccc1)c1nc2ccc(Br)cc2s1.Cl. The first-order chi connectivity index (χ1) is 13.5. The van der Waals surface area contributed by atoms with Gasteiger partial charge in [-0.25, -0.2) is 4.98 Å². The van der Waals surface area contributed by atoms with Crippen molar-refractivity contribution in [3.63, 3.8) is 0 Å². The van der Waals surface area contributed by atoms with Gasteiger partial charge in [-0.15, -0.1) is 24.2 Å². The van der Waals surface area contributed by atoms with E-state index < -0.39 is 0 Å². The first kappa shape index (κ1) is 24.2. The van der Waals surface area contributed by atoms with Gasteiger partial charge in [-0.2, -0.15) is 0 Å². The second-order valence-electron chi connectivity index (χ2n) is 6.72.